The molecule has 120 valence electrons. The fraction of sp³-hybridized carbons (Fsp3) is 0.625. The molecule has 3 rings (SSSR count). The Hall–Kier alpha value is -1.98. The van der Waals surface area contributed by atoms with Gasteiger partial charge in [-0.15, -0.1) is 0 Å². The quantitative estimate of drug-likeness (QED) is 0.653. The van der Waals surface area contributed by atoms with Gasteiger partial charge in [-0.3, -0.25) is 9.79 Å². The second kappa shape index (κ2) is 6.85. The molecule has 2 fully saturated rings. The lowest BCUT2D eigenvalue weighted by Gasteiger charge is -2.35. The van der Waals surface area contributed by atoms with E-state index in [9.17, 15) is 4.79 Å². The summed E-state index contributed by atoms with van der Waals surface area (Å²) in [4.78, 5) is 20.8. The number of likely N-dealkylation sites (N-methyl/N-ethyl adjacent to an activating group) is 1. The molecular weight excluding hydrogens is 280 g/mol. The van der Waals surface area contributed by atoms with Gasteiger partial charge in [-0.05, 0) is 31.9 Å². The van der Waals surface area contributed by atoms with Gasteiger partial charge in [0.05, 0.1) is 12.8 Å². The molecule has 0 atom stereocenters. The molecule has 0 spiro atoms. The Bertz CT molecular complexity index is 522. The van der Waals surface area contributed by atoms with Crippen LogP contribution >= 0.6 is 0 Å². The molecule has 1 aromatic heterocycles. The van der Waals surface area contributed by atoms with Crippen LogP contribution in [0.5, 0.6) is 0 Å². The Balaban J connectivity index is 1.60. The average molecular weight is 304 g/mol. The molecule has 0 unspecified atom stereocenters. The van der Waals surface area contributed by atoms with Gasteiger partial charge in [0.15, 0.2) is 5.96 Å². The minimum atomic E-state index is 0.185. The lowest BCUT2D eigenvalue weighted by molar-refractivity contribution is -0.134. The average Bonchev–Trinajstić information content (AvgIpc) is 3.19. The van der Waals surface area contributed by atoms with Crippen molar-refractivity contribution in [1.29, 1.82) is 0 Å². The second-order valence-corrected chi connectivity index (χ2v) is 5.85. The van der Waals surface area contributed by atoms with Crippen molar-refractivity contribution in [3.05, 3.63) is 24.2 Å². The van der Waals surface area contributed by atoms with Crippen molar-refractivity contribution in [3.8, 4) is 0 Å². The van der Waals surface area contributed by atoms with Crippen LogP contribution < -0.4 is 5.32 Å². The smallest absolute Gasteiger partial charge is 0.242 e. The summed E-state index contributed by atoms with van der Waals surface area (Å²) < 4.78 is 5.34. The number of aliphatic imine (C=N–C) groups is 1. The summed E-state index contributed by atoms with van der Waals surface area (Å²) in [5.41, 5.74) is 0. The zero-order chi connectivity index (χ0) is 15.4. The van der Waals surface area contributed by atoms with Gasteiger partial charge in [0, 0.05) is 38.6 Å². The van der Waals surface area contributed by atoms with E-state index in [0.29, 0.717) is 19.1 Å². The van der Waals surface area contributed by atoms with Crippen molar-refractivity contribution in [2.45, 2.75) is 32.2 Å². The zero-order valence-corrected chi connectivity index (χ0v) is 13.1. The molecule has 1 aromatic rings. The molecule has 0 aromatic carbocycles. The van der Waals surface area contributed by atoms with Crippen molar-refractivity contribution < 1.29 is 9.21 Å². The van der Waals surface area contributed by atoms with Gasteiger partial charge in [0.1, 0.15) is 5.76 Å². The number of furan rings is 1. The number of guanidine groups is 1. The van der Waals surface area contributed by atoms with Gasteiger partial charge in [0.2, 0.25) is 5.91 Å². The number of carbonyl (C=O) groups is 1. The molecule has 22 heavy (non-hydrogen) atoms. The second-order valence-electron chi connectivity index (χ2n) is 5.85. The van der Waals surface area contributed by atoms with Gasteiger partial charge in [0.25, 0.3) is 0 Å². The Labute approximate surface area is 131 Å². The van der Waals surface area contributed by atoms with Crippen molar-refractivity contribution in [2.75, 3.05) is 32.7 Å². The molecule has 1 aliphatic carbocycles. The van der Waals surface area contributed by atoms with Gasteiger partial charge in [-0.1, -0.05) is 0 Å². The van der Waals surface area contributed by atoms with E-state index < -0.39 is 0 Å². The molecule has 1 aliphatic heterocycles. The number of amides is 1. The first kappa shape index (κ1) is 14.9. The van der Waals surface area contributed by atoms with Gasteiger partial charge < -0.3 is 19.5 Å². The van der Waals surface area contributed by atoms with E-state index in [1.807, 2.05) is 24.0 Å². The van der Waals surface area contributed by atoms with E-state index in [4.69, 9.17) is 4.42 Å². The van der Waals surface area contributed by atoms with Crippen LogP contribution in [0.25, 0.3) is 0 Å². The Morgan fingerprint density at radius 2 is 2.32 bits per heavy atom. The third kappa shape index (κ3) is 3.81. The van der Waals surface area contributed by atoms with E-state index in [2.05, 4.69) is 15.2 Å². The molecule has 6 nitrogen and oxygen atoms in total. The van der Waals surface area contributed by atoms with Crippen molar-refractivity contribution in [2.24, 2.45) is 4.99 Å². The highest BCUT2D eigenvalue weighted by Gasteiger charge is 2.29. The van der Waals surface area contributed by atoms with Crippen molar-refractivity contribution >= 4 is 11.9 Å². The van der Waals surface area contributed by atoms with Crippen LogP contribution in [0.4, 0.5) is 0 Å². The number of nitrogens with zero attached hydrogens (tertiary/aromatic N) is 3. The topological polar surface area (TPSA) is 61.1 Å². The molecule has 2 aliphatic rings. The van der Waals surface area contributed by atoms with Crippen LogP contribution in [-0.2, 0) is 11.2 Å². The first-order chi connectivity index (χ1) is 10.8. The SMILES string of the molecule is CCN1CCN(C(=NCCc2ccco2)NC2CC2)CC1=O. The lowest BCUT2D eigenvalue weighted by Crippen LogP contribution is -2.55. The van der Waals surface area contributed by atoms with Crippen molar-refractivity contribution in [3.63, 3.8) is 0 Å². The molecule has 0 radical (unpaired) electrons. The molecule has 1 saturated carbocycles. The number of piperazine rings is 1. The standard InChI is InChI=1S/C16H24N4O2/c1-2-19-9-10-20(12-15(19)21)16(18-13-5-6-13)17-8-7-14-4-3-11-22-14/h3-4,11,13H,2,5-10,12H2,1H3,(H,17,18). The van der Waals surface area contributed by atoms with Crippen LogP contribution in [0.2, 0.25) is 0 Å². The van der Waals surface area contributed by atoms with Crippen LogP contribution in [0.15, 0.2) is 27.8 Å². The fourth-order valence-electron chi connectivity index (χ4n) is 2.60. The first-order valence-corrected chi connectivity index (χ1v) is 8.12. The highest BCUT2D eigenvalue weighted by atomic mass is 16.3. The predicted octanol–water partition coefficient (Wildman–Crippen LogP) is 1.09. The van der Waals surface area contributed by atoms with Crippen LogP contribution in [0.1, 0.15) is 25.5 Å². The number of carbonyl (C=O) groups excluding carboxylic acids is 1. The highest BCUT2D eigenvalue weighted by molar-refractivity contribution is 5.88. The van der Waals surface area contributed by atoms with Crippen LogP contribution in [0.3, 0.4) is 0 Å². The minimum absolute atomic E-state index is 0.185. The van der Waals surface area contributed by atoms with E-state index in [-0.39, 0.29) is 5.91 Å². The zero-order valence-electron chi connectivity index (χ0n) is 13.1. The maximum absolute atomic E-state index is 12.1. The number of nitrogens with one attached hydrogen (secondary N) is 1. The highest BCUT2D eigenvalue weighted by Crippen LogP contribution is 2.19. The minimum Gasteiger partial charge on any atom is -0.469 e. The maximum Gasteiger partial charge on any atom is 0.242 e. The summed E-state index contributed by atoms with van der Waals surface area (Å²) in [5.74, 6) is 2.00. The van der Waals surface area contributed by atoms with Gasteiger partial charge in [-0.2, -0.15) is 0 Å². The molecular formula is C16H24N4O2. The Morgan fingerprint density at radius 3 is 2.95 bits per heavy atom. The van der Waals surface area contributed by atoms with E-state index >= 15 is 0 Å². The van der Waals surface area contributed by atoms with E-state index in [0.717, 1.165) is 37.8 Å². The summed E-state index contributed by atoms with van der Waals surface area (Å²) in [5, 5.41) is 3.47. The maximum atomic E-state index is 12.1. The van der Waals surface area contributed by atoms with Crippen molar-refractivity contribution in [1.82, 2.24) is 15.1 Å². The number of rotatable bonds is 5. The first-order valence-electron chi connectivity index (χ1n) is 8.12. The fourth-order valence-corrected chi connectivity index (χ4v) is 2.60. The molecule has 6 heteroatoms. The lowest BCUT2D eigenvalue weighted by atomic mass is 10.3. The monoisotopic (exact) mass is 304 g/mol. The predicted molar refractivity (Wildman–Crippen MR) is 84.7 cm³/mol. The van der Waals surface area contributed by atoms with Crippen LogP contribution in [0, 0.1) is 0 Å². The third-order valence-corrected chi connectivity index (χ3v) is 4.11. The summed E-state index contributed by atoms with van der Waals surface area (Å²) >= 11 is 0. The molecule has 2 heterocycles. The normalized spacial score (nSPS) is 19.7. The number of hydrogen-bond acceptors (Lipinski definition) is 3. The van der Waals surface area contributed by atoms with Gasteiger partial charge in [-0.25, -0.2) is 0 Å². The summed E-state index contributed by atoms with van der Waals surface area (Å²) in [6, 6.07) is 4.39. The summed E-state index contributed by atoms with van der Waals surface area (Å²) in [6.07, 6.45) is 4.86. The van der Waals surface area contributed by atoms with Crippen LogP contribution in [-0.4, -0.2) is 60.4 Å². The summed E-state index contributed by atoms with van der Waals surface area (Å²) in [6.45, 7) is 5.53. The van der Waals surface area contributed by atoms with E-state index in [1.165, 1.54) is 12.8 Å². The third-order valence-electron chi connectivity index (χ3n) is 4.11. The molecule has 1 amide bonds. The van der Waals surface area contributed by atoms with Gasteiger partial charge >= 0.3 is 0 Å². The largest absolute Gasteiger partial charge is 0.469 e. The Kier molecular flexibility index (Phi) is 4.65. The molecule has 0 bridgehead atoms. The number of hydrogen-bond donors (Lipinski definition) is 1. The summed E-state index contributed by atoms with van der Waals surface area (Å²) in [7, 11) is 0. The van der Waals surface area contributed by atoms with E-state index in [1.54, 1.807) is 6.26 Å². The molecule has 1 N–H and O–H groups in total. The Morgan fingerprint density at radius 1 is 1.45 bits per heavy atom. The molecule has 1 saturated heterocycles.